The Kier molecular flexibility index (Phi) is 3.51. The van der Waals surface area contributed by atoms with E-state index < -0.39 is 0 Å². The summed E-state index contributed by atoms with van der Waals surface area (Å²) in [5, 5.41) is 21.9. The summed E-state index contributed by atoms with van der Waals surface area (Å²) in [6.07, 6.45) is 1.58. The van der Waals surface area contributed by atoms with Crippen molar-refractivity contribution < 1.29 is 4.79 Å². The van der Waals surface area contributed by atoms with Gasteiger partial charge in [-0.3, -0.25) is 5.32 Å². The molecule has 2 aromatic rings. The van der Waals surface area contributed by atoms with Gasteiger partial charge in [0.1, 0.15) is 11.3 Å². The van der Waals surface area contributed by atoms with Crippen molar-refractivity contribution in [2.45, 2.75) is 19.9 Å². The second kappa shape index (κ2) is 5.08. The molecule has 0 saturated carbocycles. The average molecular weight is 267 g/mol. The van der Waals surface area contributed by atoms with Gasteiger partial charge in [0, 0.05) is 7.05 Å². The SMILES string of the molecule is Cc1nnc(NC(=O)N[C@H](C)c2nncn2C)s1. The standard InChI is InChI=1S/C9H13N7OS/c1-5(7-14-10-4-16(7)3)11-8(17)12-9-15-13-6(2)18-9/h4-5H,1-3H3,(H2,11,12,15,17)/t5-/m1/s1. The van der Waals surface area contributed by atoms with Crippen LogP contribution in [0, 0.1) is 6.92 Å². The highest BCUT2D eigenvalue weighted by atomic mass is 32.1. The number of hydrogen-bond donors (Lipinski definition) is 2. The summed E-state index contributed by atoms with van der Waals surface area (Å²) in [7, 11) is 1.82. The van der Waals surface area contributed by atoms with Crippen molar-refractivity contribution in [3.05, 3.63) is 17.2 Å². The molecule has 0 radical (unpaired) electrons. The Labute approximate surface area is 107 Å². The summed E-state index contributed by atoms with van der Waals surface area (Å²) in [5.74, 6) is 0.679. The molecule has 0 aromatic carbocycles. The molecule has 18 heavy (non-hydrogen) atoms. The highest BCUT2D eigenvalue weighted by Crippen LogP contribution is 2.14. The second-order valence-electron chi connectivity index (χ2n) is 3.75. The highest BCUT2D eigenvalue weighted by Gasteiger charge is 2.15. The van der Waals surface area contributed by atoms with Crippen molar-refractivity contribution in [2.75, 3.05) is 5.32 Å². The molecule has 0 aliphatic carbocycles. The zero-order valence-corrected chi connectivity index (χ0v) is 11.0. The lowest BCUT2D eigenvalue weighted by molar-refractivity contribution is 0.248. The van der Waals surface area contributed by atoms with Gasteiger partial charge < -0.3 is 9.88 Å². The number of amides is 2. The summed E-state index contributed by atoms with van der Waals surface area (Å²) >= 11 is 1.32. The number of aryl methyl sites for hydroxylation is 2. The van der Waals surface area contributed by atoms with Gasteiger partial charge in [0.25, 0.3) is 0 Å². The van der Waals surface area contributed by atoms with E-state index in [1.54, 1.807) is 10.9 Å². The summed E-state index contributed by atoms with van der Waals surface area (Å²) in [6, 6.07) is -0.590. The van der Waals surface area contributed by atoms with Crippen LogP contribution in [0.2, 0.25) is 0 Å². The number of carbonyl (C=O) groups is 1. The minimum absolute atomic E-state index is 0.244. The normalized spacial score (nSPS) is 12.2. The van der Waals surface area contributed by atoms with Crippen LogP contribution in [-0.2, 0) is 7.05 Å². The Bertz CT molecular complexity index is 549. The minimum Gasteiger partial charge on any atom is -0.328 e. The lowest BCUT2D eigenvalue weighted by Gasteiger charge is -2.12. The van der Waals surface area contributed by atoms with E-state index in [2.05, 4.69) is 31.0 Å². The van der Waals surface area contributed by atoms with Crippen LogP contribution >= 0.6 is 11.3 Å². The van der Waals surface area contributed by atoms with Gasteiger partial charge in [-0.05, 0) is 13.8 Å². The molecule has 0 fully saturated rings. The van der Waals surface area contributed by atoms with E-state index in [4.69, 9.17) is 0 Å². The van der Waals surface area contributed by atoms with Gasteiger partial charge in [0.2, 0.25) is 5.13 Å². The van der Waals surface area contributed by atoms with Crippen molar-refractivity contribution in [1.82, 2.24) is 30.3 Å². The van der Waals surface area contributed by atoms with Crippen molar-refractivity contribution >= 4 is 22.5 Å². The summed E-state index contributed by atoms with van der Waals surface area (Å²) in [5.41, 5.74) is 0. The van der Waals surface area contributed by atoms with Gasteiger partial charge in [-0.15, -0.1) is 20.4 Å². The van der Waals surface area contributed by atoms with Crippen LogP contribution < -0.4 is 10.6 Å². The Hall–Kier alpha value is -2.03. The molecule has 2 N–H and O–H groups in total. The lowest BCUT2D eigenvalue weighted by atomic mass is 10.3. The molecule has 0 aliphatic heterocycles. The Morgan fingerprint density at radius 1 is 1.44 bits per heavy atom. The van der Waals surface area contributed by atoms with E-state index in [1.165, 1.54) is 11.3 Å². The van der Waals surface area contributed by atoms with E-state index in [0.29, 0.717) is 11.0 Å². The third kappa shape index (κ3) is 2.80. The van der Waals surface area contributed by atoms with Crippen LogP contribution in [0.1, 0.15) is 23.8 Å². The molecule has 2 heterocycles. The Morgan fingerprint density at radius 3 is 2.78 bits per heavy atom. The maximum atomic E-state index is 11.7. The number of nitrogens with zero attached hydrogens (tertiary/aromatic N) is 5. The monoisotopic (exact) mass is 267 g/mol. The molecule has 2 amide bonds. The molecule has 0 bridgehead atoms. The topological polar surface area (TPSA) is 97.6 Å². The Balaban J connectivity index is 1.93. The molecule has 0 unspecified atom stereocenters. The second-order valence-corrected chi connectivity index (χ2v) is 4.93. The van der Waals surface area contributed by atoms with Crippen LogP contribution in [0.25, 0.3) is 0 Å². The molecule has 0 saturated heterocycles. The zero-order valence-electron chi connectivity index (χ0n) is 10.2. The highest BCUT2D eigenvalue weighted by molar-refractivity contribution is 7.15. The fraction of sp³-hybridized carbons (Fsp3) is 0.444. The Morgan fingerprint density at radius 2 is 2.22 bits per heavy atom. The van der Waals surface area contributed by atoms with Crippen molar-refractivity contribution in [1.29, 1.82) is 0 Å². The number of urea groups is 1. The number of hydrogen-bond acceptors (Lipinski definition) is 6. The third-order valence-electron chi connectivity index (χ3n) is 2.23. The smallest absolute Gasteiger partial charge is 0.321 e. The molecule has 0 spiro atoms. The molecular weight excluding hydrogens is 254 g/mol. The first-order valence-corrected chi connectivity index (χ1v) is 6.09. The molecular formula is C9H13N7OS. The van der Waals surface area contributed by atoms with Gasteiger partial charge in [0.15, 0.2) is 5.82 Å². The largest absolute Gasteiger partial charge is 0.328 e. The first kappa shape index (κ1) is 12.4. The van der Waals surface area contributed by atoms with Crippen molar-refractivity contribution in [3.63, 3.8) is 0 Å². The lowest BCUT2D eigenvalue weighted by Crippen LogP contribution is -2.32. The zero-order chi connectivity index (χ0) is 13.1. The molecule has 0 aliphatic rings. The third-order valence-corrected chi connectivity index (χ3v) is 2.98. The van der Waals surface area contributed by atoms with E-state index in [-0.39, 0.29) is 12.1 Å². The van der Waals surface area contributed by atoms with E-state index in [1.807, 2.05) is 20.9 Å². The van der Waals surface area contributed by atoms with E-state index >= 15 is 0 Å². The molecule has 8 nitrogen and oxygen atoms in total. The molecule has 2 aromatic heterocycles. The number of anilines is 1. The van der Waals surface area contributed by atoms with Crippen molar-refractivity contribution in [2.24, 2.45) is 7.05 Å². The van der Waals surface area contributed by atoms with Gasteiger partial charge in [-0.2, -0.15) is 0 Å². The van der Waals surface area contributed by atoms with Gasteiger partial charge in [-0.25, -0.2) is 4.79 Å². The average Bonchev–Trinajstić information content (AvgIpc) is 2.87. The molecule has 1 atom stereocenters. The van der Waals surface area contributed by atoms with Gasteiger partial charge in [0.05, 0.1) is 6.04 Å². The first-order valence-electron chi connectivity index (χ1n) is 5.28. The molecule has 9 heteroatoms. The number of rotatable bonds is 3. The minimum atomic E-state index is -0.346. The van der Waals surface area contributed by atoms with Crippen LogP contribution in [0.15, 0.2) is 6.33 Å². The van der Waals surface area contributed by atoms with Crippen LogP contribution in [0.3, 0.4) is 0 Å². The van der Waals surface area contributed by atoms with Gasteiger partial charge >= 0.3 is 6.03 Å². The first-order chi connectivity index (χ1) is 8.56. The number of aromatic nitrogens is 5. The maximum absolute atomic E-state index is 11.7. The molecule has 2 rings (SSSR count). The molecule has 96 valence electrons. The predicted molar refractivity (Wildman–Crippen MR) is 66.2 cm³/mol. The van der Waals surface area contributed by atoms with E-state index in [0.717, 1.165) is 5.01 Å². The van der Waals surface area contributed by atoms with Crippen molar-refractivity contribution in [3.8, 4) is 0 Å². The predicted octanol–water partition coefficient (Wildman–Crippen LogP) is 0.858. The maximum Gasteiger partial charge on any atom is 0.321 e. The fourth-order valence-electron chi connectivity index (χ4n) is 1.43. The summed E-state index contributed by atoms with van der Waals surface area (Å²) in [4.78, 5) is 11.7. The van der Waals surface area contributed by atoms with Gasteiger partial charge in [-0.1, -0.05) is 11.3 Å². The van der Waals surface area contributed by atoms with E-state index in [9.17, 15) is 4.79 Å². The van der Waals surface area contributed by atoms with Crippen LogP contribution in [-0.4, -0.2) is 31.0 Å². The fourth-order valence-corrected chi connectivity index (χ4v) is 2.01. The quantitative estimate of drug-likeness (QED) is 0.859. The van der Waals surface area contributed by atoms with Crippen LogP contribution in [0.5, 0.6) is 0 Å². The van der Waals surface area contributed by atoms with Crippen LogP contribution in [0.4, 0.5) is 9.93 Å². The summed E-state index contributed by atoms with van der Waals surface area (Å²) in [6.45, 7) is 3.65. The number of nitrogens with one attached hydrogen (secondary N) is 2. The summed E-state index contributed by atoms with van der Waals surface area (Å²) < 4.78 is 1.75. The number of carbonyl (C=O) groups excluding carboxylic acids is 1.